The van der Waals surface area contributed by atoms with Gasteiger partial charge in [-0.2, -0.15) is 4.98 Å². The molecule has 7 heteroatoms. The van der Waals surface area contributed by atoms with Crippen molar-refractivity contribution in [2.75, 3.05) is 11.9 Å². The van der Waals surface area contributed by atoms with Gasteiger partial charge in [-0.3, -0.25) is 5.10 Å². The number of H-pyrrole nitrogens is 1. The van der Waals surface area contributed by atoms with E-state index in [0.717, 1.165) is 5.69 Å². The van der Waals surface area contributed by atoms with Crippen molar-refractivity contribution in [3.05, 3.63) is 27.9 Å². The minimum Gasteiger partial charge on any atom is -0.417 e. The molecular formula is C11H12Cl2N4O. The van der Waals surface area contributed by atoms with Crippen LogP contribution in [-0.2, 0) is 0 Å². The molecule has 18 heavy (non-hydrogen) atoms. The van der Waals surface area contributed by atoms with Crippen molar-refractivity contribution >= 4 is 29.0 Å². The number of nitrogens with zero attached hydrogens (tertiary/aromatic N) is 2. The molecule has 0 aliphatic heterocycles. The molecule has 0 unspecified atom stereocenters. The van der Waals surface area contributed by atoms with Gasteiger partial charge in [-0.15, -0.1) is 5.10 Å². The largest absolute Gasteiger partial charge is 0.417 e. The zero-order valence-electron chi connectivity index (χ0n) is 9.92. The van der Waals surface area contributed by atoms with Crippen LogP contribution in [0.15, 0.2) is 12.1 Å². The lowest BCUT2D eigenvalue weighted by atomic mass is 10.4. The zero-order chi connectivity index (χ0) is 13.1. The molecule has 2 N–H and O–H groups in total. The molecule has 5 nitrogen and oxygen atoms in total. The maximum atomic E-state index is 6.02. The van der Waals surface area contributed by atoms with Gasteiger partial charge in [0.1, 0.15) is 10.8 Å². The zero-order valence-corrected chi connectivity index (χ0v) is 11.4. The first-order chi connectivity index (χ1) is 8.60. The minimum atomic E-state index is 0.267. The lowest BCUT2D eigenvalue weighted by Gasteiger charge is -2.09. The SMILES string of the molecule is CCNc1nc(Oc2cc(C)[nH]n2)c(Cl)cc1Cl. The van der Waals surface area contributed by atoms with Crippen LogP contribution >= 0.6 is 23.2 Å². The van der Waals surface area contributed by atoms with Crippen LogP contribution in [0, 0.1) is 6.92 Å². The van der Waals surface area contributed by atoms with Crippen molar-refractivity contribution in [3.63, 3.8) is 0 Å². The summed E-state index contributed by atoms with van der Waals surface area (Å²) in [6.07, 6.45) is 0. The third-order valence-corrected chi connectivity index (χ3v) is 2.68. The molecule has 0 bridgehead atoms. The van der Waals surface area contributed by atoms with Crippen LogP contribution in [0.25, 0.3) is 0 Å². The molecule has 0 amide bonds. The fourth-order valence-electron chi connectivity index (χ4n) is 1.36. The van der Waals surface area contributed by atoms with Gasteiger partial charge >= 0.3 is 0 Å². The van der Waals surface area contributed by atoms with Gasteiger partial charge in [0.25, 0.3) is 0 Å². The molecule has 2 aromatic rings. The number of anilines is 1. The summed E-state index contributed by atoms with van der Waals surface area (Å²) in [5.41, 5.74) is 0.891. The maximum absolute atomic E-state index is 6.02. The third kappa shape index (κ3) is 2.86. The maximum Gasteiger partial charge on any atom is 0.242 e. The van der Waals surface area contributed by atoms with Crippen molar-refractivity contribution in [1.82, 2.24) is 15.2 Å². The van der Waals surface area contributed by atoms with E-state index >= 15 is 0 Å². The van der Waals surface area contributed by atoms with Crippen molar-refractivity contribution in [3.8, 4) is 11.8 Å². The Bertz CT molecular complexity index is 556. The fourth-order valence-corrected chi connectivity index (χ4v) is 1.82. The highest BCUT2D eigenvalue weighted by atomic mass is 35.5. The molecule has 96 valence electrons. The third-order valence-electron chi connectivity index (χ3n) is 2.13. The number of ether oxygens (including phenoxy) is 1. The van der Waals surface area contributed by atoms with Crippen LogP contribution in [-0.4, -0.2) is 21.7 Å². The van der Waals surface area contributed by atoms with Gasteiger partial charge in [0.2, 0.25) is 11.8 Å². The number of aryl methyl sites for hydroxylation is 1. The Hall–Kier alpha value is -1.46. The number of halogens is 2. The highest BCUT2D eigenvalue weighted by molar-refractivity contribution is 6.36. The summed E-state index contributed by atoms with van der Waals surface area (Å²) < 4.78 is 5.49. The number of aromatic amines is 1. The average Bonchev–Trinajstić information content (AvgIpc) is 2.71. The van der Waals surface area contributed by atoms with Crippen LogP contribution in [0.4, 0.5) is 5.82 Å². The van der Waals surface area contributed by atoms with Crippen LogP contribution < -0.4 is 10.1 Å². The standard InChI is InChI=1S/C11H12Cl2N4O/c1-3-14-10-7(12)5-8(13)11(15-10)18-9-4-6(2)16-17-9/h4-5H,3H2,1-2H3,(H,14,15)(H,16,17). The Balaban J connectivity index is 2.29. The molecule has 2 heterocycles. The summed E-state index contributed by atoms with van der Waals surface area (Å²) in [7, 11) is 0. The van der Waals surface area contributed by atoms with E-state index in [4.69, 9.17) is 27.9 Å². The number of rotatable bonds is 4. The summed E-state index contributed by atoms with van der Waals surface area (Å²) in [4.78, 5) is 4.21. The molecule has 0 spiro atoms. The van der Waals surface area contributed by atoms with Crippen molar-refractivity contribution in [2.24, 2.45) is 0 Å². The van der Waals surface area contributed by atoms with E-state index in [-0.39, 0.29) is 5.88 Å². The van der Waals surface area contributed by atoms with Crippen LogP contribution in [0.2, 0.25) is 10.0 Å². The number of hydrogen-bond donors (Lipinski definition) is 2. The second-order valence-corrected chi connectivity index (χ2v) is 4.44. The van der Waals surface area contributed by atoms with Gasteiger partial charge in [0.05, 0.1) is 5.02 Å². The lowest BCUT2D eigenvalue weighted by Crippen LogP contribution is -2.01. The molecule has 0 aliphatic rings. The van der Waals surface area contributed by atoms with Crippen LogP contribution in [0.3, 0.4) is 0 Å². The molecule has 0 aromatic carbocycles. The number of nitrogens with one attached hydrogen (secondary N) is 2. The smallest absolute Gasteiger partial charge is 0.242 e. The summed E-state index contributed by atoms with van der Waals surface area (Å²) in [5, 5.41) is 10.5. The quantitative estimate of drug-likeness (QED) is 0.901. The molecule has 0 saturated carbocycles. The molecular weight excluding hydrogens is 275 g/mol. The molecule has 0 fully saturated rings. The van der Waals surface area contributed by atoms with Crippen molar-refractivity contribution in [2.45, 2.75) is 13.8 Å². The normalized spacial score (nSPS) is 10.4. The predicted octanol–water partition coefficient (Wildman–Crippen LogP) is 3.64. The first kappa shape index (κ1) is 13.0. The van der Waals surface area contributed by atoms with Crippen LogP contribution in [0.5, 0.6) is 11.8 Å². The Morgan fingerprint density at radius 3 is 2.72 bits per heavy atom. The highest BCUT2D eigenvalue weighted by Gasteiger charge is 2.12. The molecule has 2 aromatic heterocycles. The van der Waals surface area contributed by atoms with E-state index in [1.54, 1.807) is 12.1 Å². The lowest BCUT2D eigenvalue weighted by molar-refractivity contribution is 0.444. The van der Waals surface area contributed by atoms with E-state index in [9.17, 15) is 0 Å². The van der Waals surface area contributed by atoms with E-state index in [0.29, 0.717) is 28.3 Å². The number of aromatic nitrogens is 3. The van der Waals surface area contributed by atoms with Gasteiger partial charge in [-0.05, 0) is 19.9 Å². The van der Waals surface area contributed by atoms with Gasteiger partial charge in [-0.25, -0.2) is 0 Å². The number of hydrogen-bond acceptors (Lipinski definition) is 4. The van der Waals surface area contributed by atoms with Gasteiger partial charge in [0.15, 0.2) is 0 Å². The van der Waals surface area contributed by atoms with Crippen molar-refractivity contribution < 1.29 is 4.74 Å². The summed E-state index contributed by atoms with van der Waals surface area (Å²) in [5.74, 6) is 1.21. The molecule has 0 radical (unpaired) electrons. The molecule has 0 saturated heterocycles. The number of pyridine rings is 1. The van der Waals surface area contributed by atoms with Gasteiger partial charge in [-0.1, -0.05) is 23.2 Å². The Morgan fingerprint density at radius 2 is 2.11 bits per heavy atom. The molecule has 0 aliphatic carbocycles. The molecule has 0 atom stereocenters. The van der Waals surface area contributed by atoms with Gasteiger partial charge < -0.3 is 10.1 Å². The average molecular weight is 287 g/mol. The summed E-state index contributed by atoms with van der Waals surface area (Å²) in [6.45, 7) is 4.53. The van der Waals surface area contributed by atoms with Crippen LogP contribution in [0.1, 0.15) is 12.6 Å². The van der Waals surface area contributed by atoms with E-state index in [2.05, 4.69) is 20.5 Å². The fraction of sp³-hybridized carbons (Fsp3) is 0.273. The van der Waals surface area contributed by atoms with Gasteiger partial charge in [0, 0.05) is 18.3 Å². The Labute approximate surface area is 114 Å². The second kappa shape index (κ2) is 5.46. The molecule has 2 rings (SSSR count). The second-order valence-electron chi connectivity index (χ2n) is 3.63. The summed E-state index contributed by atoms with van der Waals surface area (Å²) in [6, 6.07) is 3.34. The highest BCUT2D eigenvalue weighted by Crippen LogP contribution is 2.32. The topological polar surface area (TPSA) is 62.8 Å². The van der Waals surface area contributed by atoms with E-state index in [1.165, 1.54) is 0 Å². The Morgan fingerprint density at radius 1 is 1.33 bits per heavy atom. The Kier molecular flexibility index (Phi) is 3.93. The van der Waals surface area contributed by atoms with E-state index in [1.807, 2.05) is 13.8 Å². The minimum absolute atomic E-state index is 0.267. The first-order valence-corrected chi connectivity index (χ1v) is 6.15. The first-order valence-electron chi connectivity index (χ1n) is 5.40. The van der Waals surface area contributed by atoms with E-state index < -0.39 is 0 Å². The monoisotopic (exact) mass is 286 g/mol. The van der Waals surface area contributed by atoms with Crippen molar-refractivity contribution in [1.29, 1.82) is 0 Å². The predicted molar refractivity (Wildman–Crippen MR) is 71.8 cm³/mol. The summed E-state index contributed by atoms with van der Waals surface area (Å²) >= 11 is 12.0.